The maximum Gasteiger partial charge on any atom is 0.00124 e. The smallest absolute Gasteiger partial charge is 0.00124 e. The third-order valence-electron chi connectivity index (χ3n) is 9.80. The van der Waals surface area contributed by atoms with Crippen molar-refractivity contribution >= 4 is 0 Å². The van der Waals surface area contributed by atoms with Crippen LogP contribution < -0.4 is 5.32 Å². The molecule has 30 heavy (non-hydrogen) atoms. The van der Waals surface area contributed by atoms with Gasteiger partial charge in [0, 0.05) is 19.6 Å². The minimum Gasteiger partial charge on any atom is -0.317 e. The second kappa shape index (κ2) is 11.7. The maximum absolute atomic E-state index is 3.57. The molecular weight excluding hydrogens is 364 g/mol. The molecule has 4 fully saturated rings. The van der Waals surface area contributed by atoms with Crippen LogP contribution in [0.3, 0.4) is 0 Å². The standard InChI is InChI=1S/C28H52N2/c1-22-8-11-28(23(2)18-22)21-30(19-24-6-4-3-5-7-24)20-25-9-12-26(13-10-25)27-14-16-29-17-15-27/h22-29H,3-21H2,1-2H3. The first kappa shape index (κ1) is 23.1. The molecule has 0 aromatic carbocycles. The molecule has 1 N–H and O–H groups in total. The molecule has 174 valence electrons. The number of nitrogens with one attached hydrogen (secondary N) is 1. The van der Waals surface area contributed by atoms with Crippen molar-refractivity contribution in [3.63, 3.8) is 0 Å². The molecule has 3 atom stereocenters. The molecule has 0 radical (unpaired) electrons. The van der Waals surface area contributed by atoms with Crippen molar-refractivity contribution in [2.45, 2.75) is 104 Å². The number of hydrogen-bond acceptors (Lipinski definition) is 2. The van der Waals surface area contributed by atoms with Gasteiger partial charge >= 0.3 is 0 Å². The van der Waals surface area contributed by atoms with Gasteiger partial charge in [-0.1, -0.05) is 39.5 Å². The zero-order valence-electron chi connectivity index (χ0n) is 20.4. The Bertz CT molecular complexity index is 471. The molecule has 0 aromatic heterocycles. The monoisotopic (exact) mass is 416 g/mol. The predicted molar refractivity (Wildman–Crippen MR) is 130 cm³/mol. The number of nitrogens with zero attached hydrogens (tertiary/aromatic N) is 1. The second-order valence-electron chi connectivity index (χ2n) is 12.2. The van der Waals surface area contributed by atoms with Gasteiger partial charge in [0.15, 0.2) is 0 Å². The molecule has 0 aromatic rings. The highest BCUT2D eigenvalue weighted by atomic mass is 15.1. The molecule has 4 rings (SSSR count). The summed E-state index contributed by atoms with van der Waals surface area (Å²) < 4.78 is 0. The third-order valence-corrected chi connectivity index (χ3v) is 9.80. The largest absolute Gasteiger partial charge is 0.317 e. The second-order valence-corrected chi connectivity index (χ2v) is 12.2. The Morgan fingerprint density at radius 2 is 1.27 bits per heavy atom. The van der Waals surface area contributed by atoms with Crippen LogP contribution in [0.25, 0.3) is 0 Å². The first-order valence-electron chi connectivity index (χ1n) is 14.1. The van der Waals surface area contributed by atoms with Crippen molar-refractivity contribution in [3.05, 3.63) is 0 Å². The normalized spacial score (nSPS) is 37.5. The van der Waals surface area contributed by atoms with Gasteiger partial charge in [0.2, 0.25) is 0 Å². The summed E-state index contributed by atoms with van der Waals surface area (Å²) in [6.45, 7) is 11.9. The Labute approximate surface area is 188 Å². The summed E-state index contributed by atoms with van der Waals surface area (Å²) in [6, 6.07) is 0. The third kappa shape index (κ3) is 6.71. The first-order valence-corrected chi connectivity index (χ1v) is 14.1. The quantitative estimate of drug-likeness (QED) is 0.494. The van der Waals surface area contributed by atoms with E-state index in [4.69, 9.17) is 0 Å². The predicted octanol–water partition coefficient (Wildman–Crippen LogP) is 6.75. The number of hydrogen-bond donors (Lipinski definition) is 1. The summed E-state index contributed by atoms with van der Waals surface area (Å²) in [5.74, 6) is 6.96. The van der Waals surface area contributed by atoms with Gasteiger partial charge in [0.25, 0.3) is 0 Å². The van der Waals surface area contributed by atoms with Crippen LogP contribution in [0.15, 0.2) is 0 Å². The van der Waals surface area contributed by atoms with Crippen molar-refractivity contribution in [2.24, 2.45) is 41.4 Å². The lowest BCUT2D eigenvalue weighted by Gasteiger charge is -2.41. The van der Waals surface area contributed by atoms with E-state index in [2.05, 4.69) is 24.1 Å². The highest BCUT2D eigenvalue weighted by molar-refractivity contribution is 4.85. The van der Waals surface area contributed by atoms with Gasteiger partial charge in [-0.2, -0.15) is 0 Å². The van der Waals surface area contributed by atoms with Crippen LogP contribution in [-0.4, -0.2) is 37.6 Å². The van der Waals surface area contributed by atoms with Crippen LogP contribution in [0.2, 0.25) is 0 Å². The van der Waals surface area contributed by atoms with E-state index < -0.39 is 0 Å². The summed E-state index contributed by atoms with van der Waals surface area (Å²) >= 11 is 0. The highest BCUT2D eigenvalue weighted by Gasteiger charge is 2.32. The van der Waals surface area contributed by atoms with E-state index in [0.717, 1.165) is 41.4 Å². The molecule has 0 spiro atoms. The Balaban J connectivity index is 1.29. The van der Waals surface area contributed by atoms with Crippen molar-refractivity contribution in [1.82, 2.24) is 10.2 Å². The van der Waals surface area contributed by atoms with Crippen LogP contribution >= 0.6 is 0 Å². The maximum atomic E-state index is 3.57. The average molecular weight is 417 g/mol. The van der Waals surface area contributed by atoms with Gasteiger partial charge in [-0.3, -0.25) is 0 Å². The van der Waals surface area contributed by atoms with E-state index in [0.29, 0.717) is 0 Å². The fourth-order valence-corrected chi connectivity index (χ4v) is 7.81. The molecule has 2 nitrogen and oxygen atoms in total. The summed E-state index contributed by atoms with van der Waals surface area (Å²) in [6.07, 6.45) is 21.0. The van der Waals surface area contributed by atoms with Crippen LogP contribution in [0.1, 0.15) is 104 Å². The molecule has 1 saturated heterocycles. The van der Waals surface area contributed by atoms with E-state index in [1.807, 2.05) is 0 Å². The lowest BCUT2D eigenvalue weighted by molar-refractivity contribution is 0.0877. The molecule has 3 unspecified atom stereocenters. The lowest BCUT2D eigenvalue weighted by atomic mass is 9.72. The van der Waals surface area contributed by atoms with Crippen LogP contribution in [-0.2, 0) is 0 Å². The van der Waals surface area contributed by atoms with Crippen molar-refractivity contribution in [3.8, 4) is 0 Å². The van der Waals surface area contributed by atoms with Crippen LogP contribution in [0.5, 0.6) is 0 Å². The van der Waals surface area contributed by atoms with Crippen LogP contribution in [0.4, 0.5) is 0 Å². The Morgan fingerprint density at radius 3 is 1.93 bits per heavy atom. The van der Waals surface area contributed by atoms with E-state index >= 15 is 0 Å². The molecule has 0 amide bonds. The van der Waals surface area contributed by atoms with Crippen molar-refractivity contribution in [1.29, 1.82) is 0 Å². The van der Waals surface area contributed by atoms with Gasteiger partial charge < -0.3 is 10.2 Å². The Kier molecular flexibility index (Phi) is 9.00. The molecule has 3 saturated carbocycles. The molecule has 0 bridgehead atoms. The molecule has 1 aliphatic heterocycles. The van der Waals surface area contributed by atoms with E-state index in [1.54, 1.807) is 0 Å². The zero-order chi connectivity index (χ0) is 20.8. The minimum absolute atomic E-state index is 0.943. The average Bonchev–Trinajstić information content (AvgIpc) is 2.77. The van der Waals surface area contributed by atoms with Crippen molar-refractivity contribution < 1.29 is 0 Å². The molecule has 3 aliphatic carbocycles. The summed E-state index contributed by atoms with van der Waals surface area (Å²) in [5.41, 5.74) is 0. The van der Waals surface area contributed by atoms with E-state index in [9.17, 15) is 0 Å². The van der Waals surface area contributed by atoms with Crippen molar-refractivity contribution in [2.75, 3.05) is 32.7 Å². The zero-order valence-corrected chi connectivity index (χ0v) is 20.4. The molecule has 1 heterocycles. The van der Waals surface area contributed by atoms with E-state index in [1.165, 1.54) is 123 Å². The summed E-state index contributed by atoms with van der Waals surface area (Å²) in [7, 11) is 0. The number of piperidine rings is 1. The van der Waals surface area contributed by atoms with Crippen LogP contribution in [0, 0.1) is 41.4 Å². The number of rotatable bonds is 7. The summed E-state index contributed by atoms with van der Waals surface area (Å²) in [4.78, 5) is 3.00. The topological polar surface area (TPSA) is 15.3 Å². The van der Waals surface area contributed by atoms with Gasteiger partial charge in [-0.05, 0) is 119 Å². The first-order chi connectivity index (χ1) is 14.7. The van der Waals surface area contributed by atoms with Gasteiger partial charge in [0.1, 0.15) is 0 Å². The van der Waals surface area contributed by atoms with Gasteiger partial charge in [-0.25, -0.2) is 0 Å². The van der Waals surface area contributed by atoms with Gasteiger partial charge in [0.05, 0.1) is 0 Å². The fraction of sp³-hybridized carbons (Fsp3) is 1.00. The fourth-order valence-electron chi connectivity index (χ4n) is 7.81. The van der Waals surface area contributed by atoms with E-state index in [-0.39, 0.29) is 0 Å². The highest BCUT2D eigenvalue weighted by Crippen LogP contribution is 2.39. The lowest BCUT2D eigenvalue weighted by Crippen LogP contribution is -2.41. The Hall–Kier alpha value is -0.0800. The van der Waals surface area contributed by atoms with Gasteiger partial charge in [-0.15, -0.1) is 0 Å². The minimum atomic E-state index is 0.943. The molecule has 2 heteroatoms. The summed E-state index contributed by atoms with van der Waals surface area (Å²) in [5, 5.41) is 3.57. The molecular formula is C28H52N2. The molecule has 4 aliphatic rings. The Morgan fingerprint density at radius 1 is 0.633 bits per heavy atom. The SMILES string of the molecule is CC1CCC(CN(CC2CCCCC2)CC2CCC(C3CCNCC3)CC2)C(C)C1.